The summed E-state index contributed by atoms with van der Waals surface area (Å²) in [6, 6.07) is 0. The smallest absolute Gasteiger partial charge is 0.214 e. The number of carbonyl (C=O) groups excluding carboxylic acids is 1. The quantitative estimate of drug-likeness (QED) is 0.603. The first-order valence-corrected chi connectivity index (χ1v) is 4.64. The van der Waals surface area contributed by atoms with Crippen LogP contribution < -0.4 is 5.73 Å². The molecule has 0 saturated carbocycles. The van der Waals surface area contributed by atoms with Crippen LogP contribution in [0.2, 0.25) is 6.32 Å². The minimum Gasteiger partial charge on any atom is -0.343 e. The Morgan fingerprint density at radius 3 is 2.58 bits per heavy atom. The fraction of sp³-hybridized carbons (Fsp3) is 0.875. The topological polar surface area (TPSA) is 46.3 Å². The number of hydrogen-bond donors (Lipinski definition) is 1. The molecule has 4 heteroatoms. The molecule has 67 valence electrons. The fourth-order valence-corrected chi connectivity index (χ4v) is 1.48. The zero-order valence-electron chi connectivity index (χ0n) is 7.46. The highest BCUT2D eigenvalue weighted by molar-refractivity contribution is 6.41. The molecule has 2 N–H and O–H groups in total. The number of nitrogens with two attached hydrogens (primary N) is 1. The van der Waals surface area contributed by atoms with Crippen LogP contribution in [-0.4, -0.2) is 37.6 Å². The number of rotatable bonds is 3. The number of nitrogens with zero attached hydrogens (tertiary/aromatic N) is 1. The fourth-order valence-electron chi connectivity index (χ4n) is 1.48. The van der Waals surface area contributed by atoms with Crippen LogP contribution in [0.1, 0.15) is 19.3 Å². The van der Waals surface area contributed by atoms with Crippen molar-refractivity contribution >= 4 is 13.2 Å². The SMILES string of the molecule is NC[B]CC(=O)N1CCCCC1. The van der Waals surface area contributed by atoms with Gasteiger partial charge in [0.05, 0.1) is 0 Å². The normalized spacial score (nSPS) is 17.6. The third-order valence-electron chi connectivity index (χ3n) is 2.19. The van der Waals surface area contributed by atoms with Crippen molar-refractivity contribution in [3.8, 4) is 0 Å². The van der Waals surface area contributed by atoms with E-state index in [-0.39, 0.29) is 5.91 Å². The average Bonchev–Trinajstić information content (AvgIpc) is 2.15. The van der Waals surface area contributed by atoms with Gasteiger partial charge < -0.3 is 10.6 Å². The lowest BCUT2D eigenvalue weighted by atomic mass is 9.74. The van der Waals surface area contributed by atoms with E-state index in [0.717, 1.165) is 25.9 Å². The van der Waals surface area contributed by atoms with E-state index in [1.807, 2.05) is 12.2 Å². The molecular weight excluding hydrogens is 151 g/mol. The van der Waals surface area contributed by atoms with Gasteiger partial charge in [0.2, 0.25) is 5.91 Å². The van der Waals surface area contributed by atoms with E-state index in [9.17, 15) is 4.79 Å². The van der Waals surface area contributed by atoms with Gasteiger partial charge in [0.1, 0.15) is 7.28 Å². The van der Waals surface area contributed by atoms with Crippen molar-refractivity contribution in [2.75, 3.05) is 19.5 Å². The van der Waals surface area contributed by atoms with Crippen molar-refractivity contribution in [2.24, 2.45) is 5.73 Å². The van der Waals surface area contributed by atoms with E-state index in [4.69, 9.17) is 5.73 Å². The van der Waals surface area contributed by atoms with Gasteiger partial charge in [-0.25, -0.2) is 0 Å². The average molecular weight is 167 g/mol. The van der Waals surface area contributed by atoms with E-state index >= 15 is 0 Å². The van der Waals surface area contributed by atoms with Gasteiger partial charge in [-0.2, -0.15) is 0 Å². The second-order valence-electron chi connectivity index (χ2n) is 3.17. The molecule has 0 unspecified atom stereocenters. The summed E-state index contributed by atoms with van der Waals surface area (Å²) >= 11 is 0. The van der Waals surface area contributed by atoms with Gasteiger partial charge in [-0.15, -0.1) is 0 Å². The Morgan fingerprint density at radius 1 is 1.33 bits per heavy atom. The summed E-state index contributed by atoms with van der Waals surface area (Å²) in [7, 11) is 1.83. The lowest BCUT2D eigenvalue weighted by Crippen LogP contribution is -2.36. The molecule has 0 aromatic rings. The molecule has 0 spiro atoms. The molecule has 1 aliphatic heterocycles. The van der Waals surface area contributed by atoms with Crippen LogP contribution >= 0.6 is 0 Å². The molecule has 1 radical (unpaired) electrons. The van der Waals surface area contributed by atoms with Crippen molar-refractivity contribution in [3.63, 3.8) is 0 Å². The maximum absolute atomic E-state index is 11.4. The summed E-state index contributed by atoms with van der Waals surface area (Å²) in [5.41, 5.74) is 5.28. The highest BCUT2D eigenvalue weighted by Gasteiger charge is 2.15. The second-order valence-corrected chi connectivity index (χ2v) is 3.17. The third kappa shape index (κ3) is 2.85. The van der Waals surface area contributed by atoms with Crippen molar-refractivity contribution in [3.05, 3.63) is 0 Å². The van der Waals surface area contributed by atoms with Crippen LogP contribution in [0.15, 0.2) is 0 Å². The molecule has 1 aliphatic rings. The Hall–Kier alpha value is -0.505. The predicted octanol–water partition coefficient (Wildman–Crippen LogP) is 0.0376. The highest BCUT2D eigenvalue weighted by Crippen LogP contribution is 2.09. The zero-order chi connectivity index (χ0) is 8.81. The van der Waals surface area contributed by atoms with Gasteiger partial charge in [-0.05, 0) is 32.0 Å². The molecule has 0 aromatic heterocycles. The van der Waals surface area contributed by atoms with Crippen LogP contribution in [0.4, 0.5) is 0 Å². The van der Waals surface area contributed by atoms with E-state index in [1.54, 1.807) is 0 Å². The minimum atomic E-state index is 0.236. The standard InChI is InChI=1S/C8H16BN2O/c10-7-9-6-8(12)11-4-2-1-3-5-11/h1-7,10H2. The lowest BCUT2D eigenvalue weighted by Gasteiger charge is -2.26. The molecule has 1 heterocycles. The maximum atomic E-state index is 11.4. The first-order valence-electron chi connectivity index (χ1n) is 4.64. The van der Waals surface area contributed by atoms with E-state index < -0.39 is 0 Å². The summed E-state index contributed by atoms with van der Waals surface area (Å²) < 4.78 is 0. The molecule has 12 heavy (non-hydrogen) atoms. The number of amides is 1. The Balaban J connectivity index is 2.20. The first kappa shape index (κ1) is 9.58. The Labute approximate surface area is 74.5 Å². The van der Waals surface area contributed by atoms with Crippen LogP contribution in [0, 0.1) is 0 Å². The monoisotopic (exact) mass is 167 g/mol. The molecule has 1 rings (SSSR count). The number of piperidine rings is 1. The van der Waals surface area contributed by atoms with Crippen molar-refractivity contribution < 1.29 is 4.79 Å². The van der Waals surface area contributed by atoms with E-state index in [1.165, 1.54) is 6.42 Å². The number of carbonyl (C=O) groups is 1. The van der Waals surface area contributed by atoms with Gasteiger partial charge in [0.15, 0.2) is 0 Å². The lowest BCUT2D eigenvalue weighted by molar-refractivity contribution is -0.129. The zero-order valence-corrected chi connectivity index (χ0v) is 7.46. The van der Waals surface area contributed by atoms with Crippen molar-refractivity contribution in [1.29, 1.82) is 0 Å². The molecule has 3 nitrogen and oxygen atoms in total. The summed E-state index contributed by atoms with van der Waals surface area (Å²) in [4.78, 5) is 13.3. The Kier molecular flexibility index (Phi) is 4.15. The molecule has 0 bridgehead atoms. The van der Waals surface area contributed by atoms with Gasteiger partial charge in [-0.3, -0.25) is 4.79 Å². The van der Waals surface area contributed by atoms with Crippen LogP contribution in [-0.2, 0) is 4.79 Å². The van der Waals surface area contributed by atoms with Crippen LogP contribution in [0.3, 0.4) is 0 Å². The van der Waals surface area contributed by atoms with Gasteiger partial charge >= 0.3 is 0 Å². The summed E-state index contributed by atoms with van der Waals surface area (Å²) in [5.74, 6) is 0.236. The predicted molar refractivity (Wildman–Crippen MR) is 50.0 cm³/mol. The Bertz CT molecular complexity index is 146. The van der Waals surface area contributed by atoms with Crippen LogP contribution in [0.25, 0.3) is 0 Å². The Morgan fingerprint density at radius 2 is 2.00 bits per heavy atom. The highest BCUT2D eigenvalue weighted by atomic mass is 16.2. The molecule has 1 amide bonds. The summed E-state index contributed by atoms with van der Waals surface area (Å²) in [6.07, 6.45) is 4.60. The molecule has 0 aromatic carbocycles. The third-order valence-corrected chi connectivity index (χ3v) is 2.19. The summed E-state index contributed by atoms with van der Waals surface area (Å²) in [5, 5.41) is 0. The molecule has 1 saturated heterocycles. The van der Waals surface area contributed by atoms with Gasteiger partial charge in [-0.1, -0.05) is 0 Å². The van der Waals surface area contributed by atoms with E-state index in [2.05, 4.69) is 0 Å². The molecule has 0 aliphatic carbocycles. The van der Waals surface area contributed by atoms with Crippen molar-refractivity contribution in [2.45, 2.75) is 25.6 Å². The van der Waals surface area contributed by atoms with E-state index in [0.29, 0.717) is 12.8 Å². The second kappa shape index (κ2) is 5.20. The number of hydrogen-bond acceptors (Lipinski definition) is 2. The van der Waals surface area contributed by atoms with Crippen LogP contribution in [0.5, 0.6) is 0 Å². The number of likely N-dealkylation sites (tertiary alicyclic amines) is 1. The largest absolute Gasteiger partial charge is 0.343 e. The van der Waals surface area contributed by atoms with Gasteiger partial charge in [0, 0.05) is 13.1 Å². The first-order chi connectivity index (χ1) is 5.84. The van der Waals surface area contributed by atoms with Gasteiger partial charge in [0.25, 0.3) is 0 Å². The minimum absolute atomic E-state index is 0.236. The molecule has 1 fully saturated rings. The maximum Gasteiger partial charge on any atom is 0.214 e. The molecular formula is C8H16BN2O. The van der Waals surface area contributed by atoms with Crippen molar-refractivity contribution in [1.82, 2.24) is 4.90 Å². The summed E-state index contributed by atoms with van der Waals surface area (Å²) in [6.45, 7) is 1.88. The molecule has 0 atom stereocenters.